The number of amides is 3. The van der Waals surface area contributed by atoms with Gasteiger partial charge in [-0.3, -0.25) is 14.4 Å². The van der Waals surface area contributed by atoms with E-state index in [-0.39, 0.29) is 35.1 Å². The molecule has 0 aromatic heterocycles. The Bertz CT molecular complexity index is 1500. The molecule has 3 aliphatic rings. The largest absolute Gasteiger partial charge is 0.394 e. The number of alkyl halides is 1. The number of fused-ring (bicyclic) bond motifs is 2. The van der Waals surface area contributed by atoms with Gasteiger partial charge in [-0.2, -0.15) is 0 Å². The number of hydrogen-bond acceptors (Lipinski definition) is 5. The van der Waals surface area contributed by atoms with Crippen LogP contribution in [0, 0.1) is 17.8 Å². The highest BCUT2D eigenvalue weighted by molar-refractivity contribution is 9.09. The van der Waals surface area contributed by atoms with Crippen molar-refractivity contribution in [2.75, 3.05) is 11.9 Å². The minimum atomic E-state index is -1.20. The SMILES string of the molecule is CC(C)C[C@H](CO)N1C(=O)[C@@H]2[C@@H](C(=O)NCc3ccccc3)[C@@H]3OC2(CC3Br)C1C(=O)Nc1ccc2ccccc2c1. The van der Waals surface area contributed by atoms with Crippen molar-refractivity contribution in [3.8, 4) is 0 Å². The predicted molar refractivity (Wildman–Crippen MR) is 164 cm³/mol. The summed E-state index contributed by atoms with van der Waals surface area (Å²) in [7, 11) is 0. The van der Waals surface area contributed by atoms with E-state index in [1.54, 1.807) is 0 Å². The van der Waals surface area contributed by atoms with Gasteiger partial charge in [0.25, 0.3) is 0 Å². The summed E-state index contributed by atoms with van der Waals surface area (Å²) >= 11 is 3.72. The third kappa shape index (κ3) is 4.91. The Morgan fingerprint density at radius 2 is 1.76 bits per heavy atom. The number of carbonyl (C=O) groups excluding carboxylic acids is 3. The van der Waals surface area contributed by atoms with Crippen LogP contribution in [0.3, 0.4) is 0 Å². The van der Waals surface area contributed by atoms with Crippen LogP contribution in [-0.2, 0) is 25.7 Å². The van der Waals surface area contributed by atoms with E-state index in [0.29, 0.717) is 25.1 Å². The third-order valence-corrected chi connectivity index (χ3v) is 9.80. The Morgan fingerprint density at radius 1 is 1.05 bits per heavy atom. The molecule has 3 N–H and O–H groups in total. The number of nitrogens with one attached hydrogen (secondary N) is 2. The van der Waals surface area contributed by atoms with Gasteiger partial charge in [0.2, 0.25) is 17.7 Å². The first-order valence-corrected chi connectivity index (χ1v) is 15.5. The number of carbonyl (C=O) groups is 3. The smallest absolute Gasteiger partial charge is 0.250 e. The van der Waals surface area contributed by atoms with Crippen LogP contribution in [0.1, 0.15) is 32.3 Å². The minimum absolute atomic E-state index is 0.170. The number of rotatable bonds is 9. The van der Waals surface area contributed by atoms with Crippen LogP contribution in [0.25, 0.3) is 10.8 Å². The van der Waals surface area contributed by atoms with E-state index in [1.165, 1.54) is 4.90 Å². The molecule has 3 saturated heterocycles. The number of benzene rings is 3. The molecule has 3 amide bonds. The fourth-order valence-corrected chi connectivity index (χ4v) is 8.20. The summed E-state index contributed by atoms with van der Waals surface area (Å²) in [5.74, 6) is -2.39. The molecule has 0 saturated carbocycles. The van der Waals surface area contributed by atoms with E-state index in [2.05, 4.69) is 26.6 Å². The molecular formula is C33H36BrN3O5. The van der Waals surface area contributed by atoms with Gasteiger partial charge < -0.3 is 25.4 Å². The van der Waals surface area contributed by atoms with E-state index in [9.17, 15) is 19.5 Å². The average molecular weight is 635 g/mol. The second-order valence-electron chi connectivity index (χ2n) is 12.1. The molecule has 3 aliphatic heterocycles. The van der Waals surface area contributed by atoms with Gasteiger partial charge >= 0.3 is 0 Å². The standard InChI is InChI=1S/C33H36BrN3O5/c1-19(2)14-24(18-38)37-29(31(40)36-23-13-12-21-10-6-7-11-22(21)15-23)33-16-25(34)28(42-33)26(27(33)32(37)41)30(39)35-17-20-8-4-3-5-9-20/h3-13,15,19,24-29,38H,14,16-18H2,1-2H3,(H,35,39)(H,36,40)/t24-,25?,26-,27+,28-,29?,33?/m1/s1. The highest BCUT2D eigenvalue weighted by Crippen LogP contribution is 2.60. The number of aliphatic hydroxyl groups excluding tert-OH is 1. The maximum Gasteiger partial charge on any atom is 0.250 e. The lowest BCUT2D eigenvalue weighted by Gasteiger charge is -2.37. The van der Waals surface area contributed by atoms with Gasteiger partial charge in [-0.25, -0.2) is 0 Å². The Morgan fingerprint density at radius 3 is 2.48 bits per heavy atom. The minimum Gasteiger partial charge on any atom is -0.394 e. The highest BCUT2D eigenvalue weighted by Gasteiger charge is 2.77. The Kier molecular flexibility index (Phi) is 7.85. The molecule has 3 aromatic rings. The summed E-state index contributed by atoms with van der Waals surface area (Å²) in [5.41, 5.74) is 0.357. The Labute approximate surface area is 253 Å². The van der Waals surface area contributed by atoms with Crippen molar-refractivity contribution in [2.45, 2.75) is 61.8 Å². The molecule has 6 rings (SSSR count). The zero-order valence-electron chi connectivity index (χ0n) is 23.7. The van der Waals surface area contributed by atoms with Crippen LogP contribution in [0.2, 0.25) is 0 Å². The lowest BCUT2D eigenvalue weighted by molar-refractivity contribution is -0.144. The molecule has 7 atom stereocenters. The molecule has 3 aromatic carbocycles. The van der Waals surface area contributed by atoms with Crippen molar-refractivity contribution in [3.63, 3.8) is 0 Å². The van der Waals surface area contributed by atoms with Gasteiger partial charge in [0.05, 0.1) is 30.6 Å². The molecule has 9 heteroatoms. The number of anilines is 1. The summed E-state index contributed by atoms with van der Waals surface area (Å²) in [6, 6.07) is 21.6. The molecule has 3 unspecified atom stereocenters. The zero-order chi connectivity index (χ0) is 29.6. The Balaban J connectivity index is 1.35. The zero-order valence-corrected chi connectivity index (χ0v) is 25.3. The van der Waals surface area contributed by atoms with Gasteiger partial charge in [-0.05, 0) is 47.2 Å². The van der Waals surface area contributed by atoms with Gasteiger partial charge in [-0.1, -0.05) is 90.4 Å². The number of nitrogens with zero attached hydrogens (tertiary/aromatic N) is 1. The van der Waals surface area contributed by atoms with E-state index in [0.717, 1.165) is 16.3 Å². The molecule has 3 fully saturated rings. The molecule has 42 heavy (non-hydrogen) atoms. The second-order valence-corrected chi connectivity index (χ2v) is 13.3. The molecule has 2 bridgehead atoms. The number of halogens is 1. The summed E-state index contributed by atoms with van der Waals surface area (Å²) < 4.78 is 6.61. The summed E-state index contributed by atoms with van der Waals surface area (Å²) in [4.78, 5) is 43.6. The van der Waals surface area contributed by atoms with Crippen molar-refractivity contribution in [3.05, 3.63) is 78.4 Å². The molecule has 1 spiro atoms. The van der Waals surface area contributed by atoms with E-state index >= 15 is 0 Å². The van der Waals surface area contributed by atoms with Crippen LogP contribution in [0.5, 0.6) is 0 Å². The van der Waals surface area contributed by atoms with Gasteiger partial charge in [0, 0.05) is 17.1 Å². The van der Waals surface area contributed by atoms with Gasteiger partial charge in [0.15, 0.2) is 0 Å². The quantitative estimate of drug-likeness (QED) is 0.305. The number of likely N-dealkylation sites (tertiary alicyclic amines) is 1. The fraction of sp³-hybridized carbons (Fsp3) is 0.424. The van der Waals surface area contributed by atoms with Crippen molar-refractivity contribution in [1.82, 2.24) is 10.2 Å². The van der Waals surface area contributed by atoms with Crippen LogP contribution in [0.4, 0.5) is 5.69 Å². The first-order chi connectivity index (χ1) is 20.2. The lowest BCUT2D eigenvalue weighted by atomic mass is 9.70. The van der Waals surface area contributed by atoms with Crippen LogP contribution >= 0.6 is 15.9 Å². The molecule has 0 aliphatic carbocycles. The topological polar surface area (TPSA) is 108 Å². The van der Waals surface area contributed by atoms with Crippen LogP contribution in [-0.4, -0.2) is 63.0 Å². The second kappa shape index (κ2) is 11.4. The molecule has 8 nitrogen and oxygen atoms in total. The summed E-state index contributed by atoms with van der Waals surface area (Å²) in [5, 5.41) is 18.6. The average Bonchev–Trinajstić information content (AvgIpc) is 3.58. The summed E-state index contributed by atoms with van der Waals surface area (Å²) in [6.07, 6.45) is 0.366. The molecule has 3 heterocycles. The lowest BCUT2D eigenvalue weighted by Crippen LogP contribution is -2.57. The van der Waals surface area contributed by atoms with Crippen LogP contribution < -0.4 is 10.6 Å². The van der Waals surface area contributed by atoms with Crippen molar-refractivity contribution in [1.29, 1.82) is 0 Å². The van der Waals surface area contributed by atoms with Crippen molar-refractivity contribution >= 4 is 50.1 Å². The normalized spacial score (nSPS) is 28.7. The van der Waals surface area contributed by atoms with Crippen molar-refractivity contribution < 1.29 is 24.2 Å². The fourth-order valence-electron chi connectivity index (χ4n) is 7.26. The maximum absolute atomic E-state index is 14.4. The maximum atomic E-state index is 14.4. The van der Waals surface area contributed by atoms with E-state index in [1.807, 2.05) is 86.6 Å². The van der Waals surface area contributed by atoms with Gasteiger partial charge in [-0.15, -0.1) is 0 Å². The Hall–Kier alpha value is -3.27. The first kappa shape index (κ1) is 28.8. The molecule has 0 radical (unpaired) electrons. The third-order valence-electron chi connectivity index (χ3n) is 8.95. The summed E-state index contributed by atoms with van der Waals surface area (Å²) in [6.45, 7) is 4.07. The van der Waals surface area contributed by atoms with Gasteiger partial charge in [0.1, 0.15) is 11.6 Å². The van der Waals surface area contributed by atoms with E-state index in [4.69, 9.17) is 4.74 Å². The first-order valence-electron chi connectivity index (χ1n) is 14.6. The monoisotopic (exact) mass is 633 g/mol. The number of ether oxygens (including phenoxy) is 1. The highest BCUT2D eigenvalue weighted by atomic mass is 79.9. The molecular weight excluding hydrogens is 598 g/mol. The number of aliphatic hydroxyl groups is 1. The van der Waals surface area contributed by atoms with Crippen LogP contribution in [0.15, 0.2) is 72.8 Å². The number of hydrogen-bond donors (Lipinski definition) is 3. The predicted octanol–water partition coefficient (Wildman–Crippen LogP) is 4.25. The molecule has 220 valence electrons. The van der Waals surface area contributed by atoms with E-state index < -0.39 is 35.6 Å². The van der Waals surface area contributed by atoms with Crippen molar-refractivity contribution in [2.24, 2.45) is 17.8 Å².